The van der Waals surface area contributed by atoms with E-state index >= 15 is 0 Å². The largest absolute Gasteiger partial charge is 0.334 e. The van der Waals surface area contributed by atoms with Gasteiger partial charge < -0.3 is 4.90 Å². The Morgan fingerprint density at radius 3 is 2.20 bits per heavy atom. The first kappa shape index (κ1) is 12.0. The van der Waals surface area contributed by atoms with Crippen molar-refractivity contribution < 1.29 is 9.59 Å². The first-order valence-electron chi connectivity index (χ1n) is 5.44. The normalized spacial score (nSPS) is 18.0. The lowest BCUT2D eigenvalue weighted by molar-refractivity contribution is -0.146. The van der Waals surface area contributed by atoms with E-state index in [0.29, 0.717) is 0 Å². The molecule has 0 unspecified atom stereocenters. The molecule has 1 aliphatic carbocycles. The highest BCUT2D eigenvalue weighted by atomic mass is 16.2. The van der Waals surface area contributed by atoms with Crippen LogP contribution in [-0.2, 0) is 9.59 Å². The van der Waals surface area contributed by atoms with E-state index in [-0.39, 0.29) is 6.04 Å². The highest BCUT2D eigenvalue weighted by Gasteiger charge is 2.25. The molecule has 15 heavy (non-hydrogen) atoms. The van der Waals surface area contributed by atoms with Gasteiger partial charge in [0, 0.05) is 13.1 Å². The van der Waals surface area contributed by atoms with E-state index in [1.807, 2.05) is 5.43 Å². The number of carbonyl (C=O) groups is 2. The minimum Gasteiger partial charge on any atom is -0.334 e. The maximum atomic E-state index is 11.5. The maximum Gasteiger partial charge on any atom is 0.323 e. The van der Waals surface area contributed by atoms with Gasteiger partial charge in [0.05, 0.1) is 0 Å². The lowest BCUT2D eigenvalue weighted by Gasteiger charge is -2.26. The molecule has 1 fully saturated rings. The molecule has 0 aliphatic heterocycles. The number of carbonyl (C=O) groups excluding carboxylic acids is 2. The van der Waals surface area contributed by atoms with E-state index in [0.717, 1.165) is 25.7 Å². The van der Waals surface area contributed by atoms with E-state index in [9.17, 15) is 9.59 Å². The summed E-state index contributed by atoms with van der Waals surface area (Å²) in [5.41, 5.74) is 1.87. The Balaban J connectivity index is 2.53. The predicted molar refractivity (Wildman–Crippen MR) is 56.6 cm³/mol. The van der Waals surface area contributed by atoms with E-state index in [4.69, 9.17) is 5.84 Å². The zero-order valence-corrected chi connectivity index (χ0v) is 9.16. The Bertz CT molecular complexity index is 235. The summed E-state index contributed by atoms with van der Waals surface area (Å²) in [5, 5.41) is 0. The second kappa shape index (κ2) is 5.70. The Morgan fingerprint density at radius 2 is 1.73 bits per heavy atom. The van der Waals surface area contributed by atoms with Crippen molar-refractivity contribution in [3.8, 4) is 0 Å². The van der Waals surface area contributed by atoms with Crippen LogP contribution < -0.4 is 11.3 Å². The third-order valence-electron chi connectivity index (χ3n) is 3.02. The maximum absolute atomic E-state index is 11.5. The average Bonchev–Trinajstić information content (AvgIpc) is 2.54. The summed E-state index contributed by atoms with van der Waals surface area (Å²) in [6.45, 7) is 0. The van der Waals surface area contributed by atoms with Gasteiger partial charge in [0.25, 0.3) is 0 Å². The lowest BCUT2D eigenvalue weighted by atomic mass is 10.1. The van der Waals surface area contributed by atoms with Gasteiger partial charge in [-0.15, -0.1) is 0 Å². The molecule has 2 amide bonds. The van der Waals surface area contributed by atoms with E-state index < -0.39 is 11.8 Å². The molecule has 86 valence electrons. The van der Waals surface area contributed by atoms with Gasteiger partial charge in [-0.25, -0.2) is 5.84 Å². The van der Waals surface area contributed by atoms with E-state index in [2.05, 4.69) is 0 Å². The van der Waals surface area contributed by atoms with Crippen molar-refractivity contribution in [1.29, 1.82) is 0 Å². The van der Waals surface area contributed by atoms with E-state index in [1.165, 1.54) is 17.7 Å². The number of hydrogen-bond acceptors (Lipinski definition) is 3. The van der Waals surface area contributed by atoms with Gasteiger partial charge in [0.1, 0.15) is 0 Å². The number of rotatable bonds is 1. The predicted octanol–water partition coefficient (Wildman–Crippen LogP) is 0.157. The van der Waals surface area contributed by atoms with Crippen LogP contribution in [-0.4, -0.2) is 29.8 Å². The zero-order valence-electron chi connectivity index (χ0n) is 9.16. The van der Waals surface area contributed by atoms with Gasteiger partial charge in [0.15, 0.2) is 0 Å². The molecule has 0 bridgehead atoms. The molecular weight excluding hydrogens is 194 g/mol. The summed E-state index contributed by atoms with van der Waals surface area (Å²) in [7, 11) is 1.67. The number of amides is 2. The molecule has 0 aromatic rings. The number of nitrogens with one attached hydrogen (secondary N) is 1. The van der Waals surface area contributed by atoms with Gasteiger partial charge in [-0.1, -0.05) is 25.7 Å². The van der Waals surface area contributed by atoms with Crippen LogP contribution in [0.25, 0.3) is 0 Å². The lowest BCUT2D eigenvalue weighted by Crippen LogP contribution is -2.47. The smallest absolute Gasteiger partial charge is 0.323 e. The molecule has 0 radical (unpaired) electrons. The second-order valence-electron chi connectivity index (χ2n) is 4.03. The standard InChI is InChI=1S/C10H19N3O2/c1-13(10(15)9(14)12-11)8-6-4-2-3-5-7-8/h8H,2-7,11H2,1H3,(H,12,14). The summed E-state index contributed by atoms with van der Waals surface area (Å²) in [5.74, 6) is 3.65. The fourth-order valence-corrected chi connectivity index (χ4v) is 2.03. The number of hydrazine groups is 1. The van der Waals surface area contributed by atoms with Crippen LogP contribution in [0.4, 0.5) is 0 Å². The summed E-state index contributed by atoms with van der Waals surface area (Å²) in [6, 6.07) is 0.192. The fourth-order valence-electron chi connectivity index (χ4n) is 2.03. The van der Waals surface area contributed by atoms with Crippen LogP contribution in [0.5, 0.6) is 0 Å². The van der Waals surface area contributed by atoms with Crippen molar-refractivity contribution in [2.75, 3.05) is 7.05 Å². The molecule has 3 N–H and O–H groups in total. The third-order valence-corrected chi connectivity index (χ3v) is 3.02. The molecule has 0 spiro atoms. The average molecular weight is 213 g/mol. The molecule has 5 nitrogen and oxygen atoms in total. The van der Waals surface area contributed by atoms with Crippen LogP contribution >= 0.6 is 0 Å². The molecule has 1 rings (SSSR count). The van der Waals surface area contributed by atoms with Gasteiger partial charge in [-0.05, 0) is 12.8 Å². The van der Waals surface area contributed by atoms with Crippen molar-refractivity contribution in [3.63, 3.8) is 0 Å². The van der Waals surface area contributed by atoms with Crippen LogP contribution in [0.15, 0.2) is 0 Å². The zero-order chi connectivity index (χ0) is 11.3. The molecule has 0 aromatic heterocycles. The van der Waals surface area contributed by atoms with Crippen molar-refractivity contribution in [2.45, 2.75) is 44.6 Å². The molecule has 1 aliphatic rings. The van der Waals surface area contributed by atoms with Crippen molar-refractivity contribution in [2.24, 2.45) is 5.84 Å². The third kappa shape index (κ3) is 3.20. The van der Waals surface area contributed by atoms with Crippen LogP contribution in [0.1, 0.15) is 38.5 Å². The summed E-state index contributed by atoms with van der Waals surface area (Å²) in [6.07, 6.45) is 6.68. The summed E-state index contributed by atoms with van der Waals surface area (Å²) < 4.78 is 0. The number of nitrogens with zero attached hydrogens (tertiary/aromatic N) is 1. The van der Waals surface area contributed by atoms with Gasteiger partial charge >= 0.3 is 11.8 Å². The Kier molecular flexibility index (Phi) is 4.55. The van der Waals surface area contributed by atoms with E-state index in [1.54, 1.807) is 7.05 Å². The minimum atomic E-state index is -0.734. The summed E-state index contributed by atoms with van der Waals surface area (Å²) >= 11 is 0. The highest BCUT2D eigenvalue weighted by Crippen LogP contribution is 2.20. The molecule has 0 heterocycles. The van der Waals surface area contributed by atoms with Gasteiger partial charge in [-0.2, -0.15) is 0 Å². The molecule has 0 saturated heterocycles. The highest BCUT2D eigenvalue weighted by molar-refractivity contribution is 6.34. The molecular formula is C10H19N3O2. The Labute approximate surface area is 90.0 Å². The van der Waals surface area contributed by atoms with Gasteiger partial charge in [-0.3, -0.25) is 15.0 Å². The first-order valence-corrected chi connectivity index (χ1v) is 5.44. The van der Waals surface area contributed by atoms with Crippen LogP contribution in [0.2, 0.25) is 0 Å². The molecule has 0 aromatic carbocycles. The van der Waals surface area contributed by atoms with Crippen molar-refractivity contribution in [1.82, 2.24) is 10.3 Å². The SMILES string of the molecule is CN(C(=O)C(=O)NN)C1CCCCCC1. The number of likely N-dealkylation sites (N-methyl/N-ethyl adjacent to an activating group) is 1. The number of hydrogen-bond donors (Lipinski definition) is 2. The van der Waals surface area contributed by atoms with Gasteiger partial charge in [0.2, 0.25) is 0 Å². The molecule has 0 atom stereocenters. The molecule has 1 saturated carbocycles. The van der Waals surface area contributed by atoms with Crippen molar-refractivity contribution in [3.05, 3.63) is 0 Å². The fraction of sp³-hybridized carbons (Fsp3) is 0.800. The van der Waals surface area contributed by atoms with Crippen molar-refractivity contribution >= 4 is 11.8 Å². The monoisotopic (exact) mass is 213 g/mol. The number of nitrogens with two attached hydrogens (primary N) is 1. The Hall–Kier alpha value is -1.10. The quantitative estimate of drug-likeness (QED) is 0.214. The summed E-state index contributed by atoms with van der Waals surface area (Å²) in [4.78, 5) is 24.1. The second-order valence-corrected chi connectivity index (χ2v) is 4.03. The van der Waals surface area contributed by atoms with Crippen LogP contribution in [0, 0.1) is 0 Å². The first-order chi connectivity index (χ1) is 7.16. The Morgan fingerprint density at radius 1 is 1.20 bits per heavy atom. The molecule has 5 heteroatoms. The van der Waals surface area contributed by atoms with Crippen LogP contribution in [0.3, 0.4) is 0 Å². The minimum absolute atomic E-state index is 0.192. The topological polar surface area (TPSA) is 75.4 Å².